The van der Waals surface area contributed by atoms with Crippen molar-refractivity contribution in [2.45, 2.75) is 271 Å². The van der Waals surface area contributed by atoms with E-state index in [4.69, 9.17) is 14.2 Å². The Morgan fingerprint density at radius 1 is 0.323 bits per heavy atom. The molecule has 0 aromatic carbocycles. The van der Waals surface area contributed by atoms with Gasteiger partial charge in [0.25, 0.3) is 0 Å². The van der Waals surface area contributed by atoms with Crippen LogP contribution in [0.5, 0.6) is 0 Å². The van der Waals surface area contributed by atoms with Crippen LogP contribution in [0.15, 0.2) is 72.9 Å². The predicted octanol–water partition coefficient (Wildman–Crippen LogP) is 18.2. The zero-order valence-corrected chi connectivity index (χ0v) is 42.7. The van der Waals surface area contributed by atoms with E-state index < -0.39 is 6.10 Å². The Morgan fingerprint density at radius 2 is 0.615 bits per heavy atom. The number of carbonyl (C=O) groups excluding carboxylic acids is 3. The molecule has 0 aromatic heterocycles. The molecular formula is C59H102O6. The number of ether oxygens (including phenoxy) is 3. The Hall–Kier alpha value is -3.15. The summed E-state index contributed by atoms with van der Waals surface area (Å²) in [6, 6.07) is 0. The lowest BCUT2D eigenvalue weighted by atomic mass is 10.0. The number of carbonyl (C=O) groups is 3. The molecule has 0 rings (SSSR count). The van der Waals surface area contributed by atoms with Gasteiger partial charge < -0.3 is 14.2 Å². The highest BCUT2D eigenvalue weighted by molar-refractivity contribution is 5.71. The van der Waals surface area contributed by atoms with Crippen LogP contribution in [-0.2, 0) is 28.6 Å². The number of hydrogen-bond acceptors (Lipinski definition) is 6. The summed E-state index contributed by atoms with van der Waals surface area (Å²) in [6.45, 7) is 6.48. The third kappa shape index (κ3) is 51.7. The molecule has 0 heterocycles. The molecule has 0 spiro atoms. The average molecular weight is 907 g/mol. The third-order valence-electron chi connectivity index (χ3n) is 11.7. The molecule has 0 N–H and O–H groups in total. The van der Waals surface area contributed by atoms with Crippen molar-refractivity contribution in [1.82, 2.24) is 0 Å². The molecular weight excluding hydrogens is 805 g/mol. The van der Waals surface area contributed by atoms with Crippen molar-refractivity contribution in [2.75, 3.05) is 13.2 Å². The van der Waals surface area contributed by atoms with Crippen LogP contribution in [0, 0.1) is 0 Å². The van der Waals surface area contributed by atoms with Crippen LogP contribution in [0.2, 0.25) is 0 Å². The quantitative estimate of drug-likeness (QED) is 0.0262. The summed E-state index contributed by atoms with van der Waals surface area (Å²) in [4.78, 5) is 38.0. The van der Waals surface area contributed by atoms with E-state index in [-0.39, 0.29) is 37.5 Å². The molecule has 0 aliphatic heterocycles. The van der Waals surface area contributed by atoms with Crippen molar-refractivity contribution >= 4 is 17.9 Å². The monoisotopic (exact) mass is 907 g/mol. The summed E-state index contributed by atoms with van der Waals surface area (Å²) in [7, 11) is 0. The Kier molecular flexibility index (Phi) is 50.9. The highest BCUT2D eigenvalue weighted by Gasteiger charge is 2.19. The van der Waals surface area contributed by atoms with Crippen LogP contribution >= 0.6 is 0 Å². The van der Waals surface area contributed by atoms with Gasteiger partial charge in [0, 0.05) is 19.3 Å². The van der Waals surface area contributed by atoms with E-state index >= 15 is 0 Å². The molecule has 0 aliphatic carbocycles. The van der Waals surface area contributed by atoms with Crippen LogP contribution in [0.25, 0.3) is 0 Å². The molecule has 6 heteroatoms. The molecule has 374 valence electrons. The van der Waals surface area contributed by atoms with Gasteiger partial charge in [0.05, 0.1) is 0 Å². The van der Waals surface area contributed by atoms with Crippen molar-refractivity contribution in [3.8, 4) is 0 Å². The molecule has 65 heavy (non-hydrogen) atoms. The molecule has 0 fully saturated rings. The van der Waals surface area contributed by atoms with E-state index in [0.717, 1.165) is 83.5 Å². The zero-order chi connectivity index (χ0) is 47.2. The third-order valence-corrected chi connectivity index (χ3v) is 11.7. The van der Waals surface area contributed by atoms with Crippen molar-refractivity contribution in [1.29, 1.82) is 0 Å². The maximum Gasteiger partial charge on any atom is 0.306 e. The minimum absolute atomic E-state index is 0.0984. The number of allylic oxidation sites excluding steroid dienone is 12. The maximum atomic E-state index is 12.8. The van der Waals surface area contributed by atoms with Gasteiger partial charge in [-0.15, -0.1) is 0 Å². The van der Waals surface area contributed by atoms with Gasteiger partial charge in [0.1, 0.15) is 13.2 Å². The smallest absolute Gasteiger partial charge is 0.306 e. The van der Waals surface area contributed by atoms with Crippen molar-refractivity contribution < 1.29 is 28.6 Å². The van der Waals surface area contributed by atoms with Gasteiger partial charge in [-0.25, -0.2) is 0 Å². The van der Waals surface area contributed by atoms with Crippen molar-refractivity contribution in [3.63, 3.8) is 0 Å². The Bertz CT molecular complexity index is 1230. The minimum Gasteiger partial charge on any atom is -0.462 e. The molecule has 0 aromatic rings. The first-order valence-corrected chi connectivity index (χ1v) is 27.4. The van der Waals surface area contributed by atoms with Gasteiger partial charge in [-0.05, 0) is 83.5 Å². The molecule has 0 radical (unpaired) electrons. The fourth-order valence-corrected chi connectivity index (χ4v) is 7.59. The highest BCUT2D eigenvalue weighted by Crippen LogP contribution is 2.15. The van der Waals surface area contributed by atoms with E-state index in [1.807, 2.05) is 0 Å². The fraction of sp³-hybridized carbons (Fsp3) is 0.746. The van der Waals surface area contributed by atoms with Crippen LogP contribution in [-0.4, -0.2) is 37.2 Å². The predicted molar refractivity (Wildman–Crippen MR) is 279 cm³/mol. The molecule has 0 amide bonds. The largest absolute Gasteiger partial charge is 0.462 e. The van der Waals surface area contributed by atoms with Gasteiger partial charge >= 0.3 is 17.9 Å². The summed E-state index contributed by atoms with van der Waals surface area (Å²) < 4.78 is 16.8. The van der Waals surface area contributed by atoms with E-state index in [2.05, 4.69) is 93.7 Å². The lowest BCUT2D eigenvalue weighted by molar-refractivity contribution is -0.167. The Morgan fingerprint density at radius 3 is 1.00 bits per heavy atom. The van der Waals surface area contributed by atoms with Gasteiger partial charge in [-0.2, -0.15) is 0 Å². The van der Waals surface area contributed by atoms with Gasteiger partial charge in [0.2, 0.25) is 0 Å². The van der Waals surface area contributed by atoms with E-state index in [9.17, 15) is 14.4 Å². The molecule has 0 saturated carbocycles. The fourth-order valence-electron chi connectivity index (χ4n) is 7.59. The van der Waals surface area contributed by atoms with E-state index in [0.29, 0.717) is 19.3 Å². The number of rotatable bonds is 49. The Balaban J connectivity index is 4.48. The Labute approximate surface area is 402 Å². The summed E-state index contributed by atoms with van der Waals surface area (Å²) in [5, 5.41) is 0. The normalized spacial score (nSPS) is 12.6. The SMILES string of the molecule is CC/C=C\C/C=C\C/C=C\C/C=C\C/C=C\CCCC(=O)O[C@H](COC(=O)CCCCCCC/C=C\CCCCCCCC)COC(=O)CCCCCCCCCCCCCCCCC. The topological polar surface area (TPSA) is 78.9 Å². The second-order valence-electron chi connectivity index (χ2n) is 18.1. The summed E-state index contributed by atoms with van der Waals surface area (Å²) in [5.74, 6) is -0.959. The lowest BCUT2D eigenvalue weighted by Crippen LogP contribution is -2.30. The molecule has 0 aliphatic rings. The second-order valence-corrected chi connectivity index (χ2v) is 18.1. The number of hydrogen-bond donors (Lipinski definition) is 0. The zero-order valence-electron chi connectivity index (χ0n) is 42.7. The summed E-state index contributed by atoms with van der Waals surface area (Å²) >= 11 is 0. The van der Waals surface area contributed by atoms with Gasteiger partial charge in [-0.3, -0.25) is 14.4 Å². The van der Waals surface area contributed by atoms with Gasteiger partial charge in [0.15, 0.2) is 6.10 Å². The first kappa shape index (κ1) is 61.9. The average Bonchev–Trinajstić information content (AvgIpc) is 3.30. The van der Waals surface area contributed by atoms with Crippen LogP contribution in [0.3, 0.4) is 0 Å². The van der Waals surface area contributed by atoms with Gasteiger partial charge in [-0.1, -0.05) is 235 Å². The van der Waals surface area contributed by atoms with Crippen LogP contribution in [0.1, 0.15) is 265 Å². The first-order chi connectivity index (χ1) is 32.0. The van der Waals surface area contributed by atoms with Crippen LogP contribution in [0.4, 0.5) is 0 Å². The van der Waals surface area contributed by atoms with E-state index in [1.165, 1.54) is 135 Å². The number of unbranched alkanes of at least 4 members (excludes halogenated alkanes) is 26. The maximum absolute atomic E-state index is 12.8. The number of esters is 3. The first-order valence-electron chi connectivity index (χ1n) is 27.4. The van der Waals surface area contributed by atoms with E-state index in [1.54, 1.807) is 0 Å². The molecule has 1 atom stereocenters. The lowest BCUT2D eigenvalue weighted by Gasteiger charge is -2.18. The molecule has 0 saturated heterocycles. The minimum atomic E-state index is -0.806. The van der Waals surface area contributed by atoms with Crippen molar-refractivity contribution in [2.24, 2.45) is 0 Å². The summed E-state index contributed by atoms with van der Waals surface area (Å²) in [5.41, 5.74) is 0. The van der Waals surface area contributed by atoms with Crippen molar-refractivity contribution in [3.05, 3.63) is 72.9 Å². The highest BCUT2D eigenvalue weighted by atomic mass is 16.6. The molecule has 6 nitrogen and oxygen atoms in total. The standard InChI is InChI=1S/C59H102O6/c1-4-7-10-13-16-19-22-25-28-29-32-35-38-41-44-47-50-53-59(62)65-56(54-63-57(60)51-48-45-42-39-36-33-30-26-23-20-17-14-11-8-5-2)55-64-58(61)52-49-46-43-40-37-34-31-27-24-21-18-15-12-9-6-3/h7,10,16,19,25-26,28,30,32,35,41,44,56H,4-6,8-9,11-15,17-18,20-24,27,29,31,33-34,36-40,42-43,45-55H2,1-3H3/b10-7-,19-16-,28-25-,30-26-,35-32-,44-41-/t56-/m1/s1. The summed E-state index contributed by atoms with van der Waals surface area (Å²) in [6.07, 6.45) is 67.5. The molecule has 0 unspecified atom stereocenters. The van der Waals surface area contributed by atoms with Crippen LogP contribution < -0.4 is 0 Å². The second kappa shape index (κ2) is 53.5. The molecule has 0 bridgehead atoms.